The van der Waals surface area contributed by atoms with E-state index >= 15 is 0 Å². The van der Waals surface area contributed by atoms with E-state index in [4.69, 9.17) is 9.47 Å². The summed E-state index contributed by atoms with van der Waals surface area (Å²) in [7, 11) is 5.87. The van der Waals surface area contributed by atoms with Crippen LogP contribution >= 0.6 is 0 Å². The number of carbonyl (C=O) groups excluding carboxylic acids is 3. The Morgan fingerprint density at radius 1 is 0.976 bits per heavy atom. The van der Waals surface area contributed by atoms with Gasteiger partial charge in [-0.3, -0.25) is 14.9 Å². The molecule has 0 atom stereocenters. The van der Waals surface area contributed by atoms with Crippen molar-refractivity contribution in [2.75, 3.05) is 44.9 Å². The molecule has 3 aromatic carbocycles. The van der Waals surface area contributed by atoms with Crippen LogP contribution in [0.1, 0.15) is 41.6 Å². The first kappa shape index (κ1) is 32.1. The molecule has 0 saturated carbocycles. The molecule has 0 bridgehead atoms. The lowest BCUT2D eigenvalue weighted by Crippen LogP contribution is -3.00. The standard InChI is InChI=1S/C32H37N3O5.HI/c1-35(2)18-16-27(17-19-35)40-32(38)34-29-20-23(12-15-28(29)24-9-5-4-6-10-24)8-7-11-31(37)33-26-14-13-25(22-36)30(21-26)39-3;/h4-6,9-10,12-15,20-22,27H,7-8,11,16-19H2,1-3H3,(H-,33,34,36,37,38);1H. The number of likely N-dealkylation sites (tertiary alicyclic amines) is 1. The zero-order chi connectivity index (χ0) is 28.5. The van der Waals surface area contributed by atoms with Crippen molar-refractivity contribution in [2.24, 2.45) is 0 Å². The first-order valence-electron chi connectivity index (χ1n) is 13.7. The predicted octanol–water partition coefficient (Wildman–Crippen LogP) is 2.93. The van der Waals surface area contributed by atoms with E-state index in [-0.39, 0.29) is 36.0 Å². The van der Waals surface area contributed by atoms with Gasteiger partial charge < -0.3 is 43.3 Å². The van der Waals surface area contributed by atoms with Crippen LogP contribution in [0.25, 0.3) is 11.1 Å². The summed E-state index contributed by atoms with van der Waals surface area (Å²) in [5.74, 6) is 0.286. The van der Waals surface area contributed by atoms with Crippen molar-refractivity contribution in [2.45, 2.75) is 38.2 Å². The van der Waals surface area contributed by atoms with Gasteiger partial charge in [0, 0.05) is 36.6 Å². The van der Waals surface area contributed by atoms with Crippen molar-refractivity contribution >= 4 is 29.7 Å². The summed E-state index contributed by atoms with van der Waals surface area (Å²) >= 11 is 0. The highest BCUT2D eigenvalue weighted by Gasteiger charge is 2.28. The Hall–Kier alpha value is -3.44. The van der Waals surface area contributed by atoms with E-state index in [9.17, 15) is 14.4 Å². The van der Waals surface area contributed by atoms with Crippen LogP contribution in [0.5, 0.6) is 5.75 Å². The molecule has 4 rings (SSSR count). The number of amides is 2. The Morgan fingerprint density at radius 2 is 1.71 bits per heavy atom. The summed E-state index contributed by atoms with van der Waals surface area (Å²) in [4.78, 5) is 36.5. The van der Waals surface area contributed by atoms with Gasteiger partial charge >= 0.3 is 6.09 Å². The third-order valence-electron chi connectivity index (χ3n) is 7.31. The van der Waals surface area contributed by atoms with E-state index in [1.165, 1.54) is 7.11 Å². The average molecular weight is 672 g/mol. The molecule has 1 heterocycles. The van der Waals surface area contributed by atoms with Crippen LogP contribution in [0, 0.1) is 0 Å². The number of benzene rings is 3. The molecule has 0 radical (unpaired) electrons. The number of ether oxygens (including phenoxy) is 2. The van der Waals surface area contributed by atoms with E-state index in [2.05, 4.69) is 24.7 Å². The maximum Gasteiger partial charge on any atom is 0.411 e. The Balaban J connectivity index is 0.00000462. The molecular weight excluding hydrogens is 633 g/mol. The number of halogens is 1. The van der Waals surface area contributed by atoms with Crippen LogP contribution in [0.3, 0.4) is 0 Å². The number of aldehydes is 1. The zero-order valence-electron chi connectivity index (χ0n) is 23.8. The molecule has 9 heteroatoms. The highest BCUT2D eigenvalue weighted by Crippen LogP contribution is 2.30. The van der Waals surface area contributed by atoms with E-state index < -0.39 is 6.09 Å². The van der Waals surface area contributed by atoms with Crippen molar-refractivity contribution in [3.8, 4) is 16.9 Å². The molecule has 1 aliphatic rings. The lowest BCUT2D eigenvalue weighted by molar-refractivity contribution is -0.896. The van der Waals surface area contributed by atoms with Crippen molar-refractivity contribution < 1.29 is 52.3 Å². The number of nitrogens with one attached hydrogen (secondary N) is 2. The highest BCUT2D eigenvalue weighted by atomic mass is 127. The van der Waals surface area contributed by atoms with Gasteiger partial charge in [0.25, 0.3) is 0 Å². The molecule has 218 valence electrons. The molecule has 0 aliphatic carbocycles. The van der Waals surface area contributed by atoms with Crippen LogP contribution in [-0.2, 0) is 16.0 Å². The summed E-state index contributed by atoms with van der Waals surface area (Å²) in [6.07, 6.45) is 3.50. The van der Waals surface area contributed by atoms with E-state index in [1.54, 1.807) is 18.2 Å². The number of hydrogen-bond donors (Lipinski definition) is 2. The van der Waals surface area contributed by atoms with E-state index in [1.807, 2.05) is 48.5 Å². The van der Waals surface area contributed by atoms with Gasteiger partial charge in [0.2, 0.25) is 5.91 Å². The summed E-state index contributed by atoms with van der Waals surface area (Å²) in [6, 6.07) is 20.8. The average Bonchev–Trinajstić information content (AvgIpc) is 2.94. The Morgan fingerprint density at radius 3 is 2.39 bits per heavy atom. The summed E-state index contributed by atoms with van der Waals surface area (Å²) in [6.45, 7) is 1.96. The lowest BCUT2D eigenvalue weighted by Gasteiger charge is -2.36. The van der Waals surface area contributed by atoms with Gasteiger partial charge in [0.05, 0.1) is 45.5 Å². The molecule has 1 fully saturated rings. The first-order chi connectivity index (χ1) is 19.3. The van der Waals surface area contributed by atoms with Crippen LogP contribution in [0.15, 0.2) is 66.7 Å². The van der Waals surface area contributed by atoms with Gasteiger partial charge in [-0.25, -0.2) is 4.79 Å². The van der Waals surface area contributed by atoms with Crippen LogP contribution < -0.4 is 39.3 Å². The van der Waals surface area contributed by atoms with Gasteiger partial charge in [-0.15, -0.1) is 0 Å². The number of methoxy groups -OCH3 is 1. The largest absolute Gasteiger partial charge is 1.00 e. The zero-order valence-corrected chi connectivity index (χ0v) is 26.0. The normalized spacial score (nSPS) is 14.3. The molecule has 0 unspecified atom stereocenters. The molecule has 2 amide bonds. The molecule has 3 aromatic rings. The first-order valence-corrected chi connectivity index (χ1v) is 13.7. The smallest absolute Gasteiger partial charge is 0.411 e. The van der Waals surface area contributed by atoms with Gasteiger partial charge in [0.15, 0.2) is 6.29 Å². The number of anilines is 2. The summed E-state index contributed by atoms with van der Waals surface area (Å²) in [5, 5.41) is 5.84. The Bertz CT molecular complexity index is 1340. The maximum atomic E-state index is 12.9. The Labute approximate surface area is 259 Å². The quantitative estimate of drug-likeness (QED) is 0.197. The molecule has 0 spiro atoms. The lowest BCUT2D eigenvalue weighted by atomic mass is 9.99. The number of nitrogens with zero attached hydrogens (tertiary/aromatic N) is 1. The third-order valence-corrected chi connectivity index (χ3v) is 7.31. The summed E-state index contributed by atoms with van der Waals surface area (Å²) in [5.41, 5.74) is 4.61. The van der Waals surface area contributed by atoms with Crippen molar-refractivity contribution in [3.05, 3.63) is 77.9 Å². The molecule has 8 nitrogen and oxygen atoms in total. The molecule has 1 aliphatic heterocycles. The van der Waals surface area contributed by atoms with Crippen molar-refractivity contribution in [1.29, 1.82) is 0 Å². The van der Waals surface area contributed by atoms with Gasteiger partial charge in [0.1, 0.15) is 11.9 Å². The summed E-state index contributed by atoms with van der Waals surface area (Å²) < 4.78 is 11.9. The second-order valence-corrected chi connectivity index (χ2v) is 10.8. The van der Waals surface area contributed by atoms with E-state index in [0.717, 1.165) is 47.1 Å². The van der Waals surface area contributed by atoms with Gasteiger partial charge in [-0.2, -0.15) is 0 Å². The predicted molar refractivity (Wildman–Crippen MR) is 157 cm³/mol. The van der Waals surface area contributed by atoms with E-state index in [0.29, 0.717) is 48.2 Å². The number of quaternary nitrogens is 1. The van der Waals surface area contributed by atoms with Crippen molar-refractivity contribution in [1.82, 2.24) is 0 Å². The SMILES string of the molecule is COc1cc(NC(=O)CCCc2ccc(-c3ccccc3)c(NC(=O)OC3CC[N+](C)(C)CC3)c2)ccc1C=O.[I-]. The topological polar surface area (TPSA) is 93.7 Å². The monoisotopic (exact) mass is 671 g/mol. The van der Waals surface area contributed by atoms with Gasteiger partial charge in [-0.1, -0.05) is 42.5 Å². The molecule has 1 saturated heterocycles. The number of aryl methyl sites for hydroxylation is 1. The fourth-order valence-electron chi connectivity index (χ4n) is 4.93. The minimum absolute atomic E-state index is 0. The number of rotatable bonds is 10. The number of carbonyl (C=O) groups is 3. The molecule has 0 aromatic heterocycles. The minimum atomic E-state index is -0.443. The van der Waals surface area contributed by atoms with Gasteiger partial charge in [-0.05, 0) is 42.2 Å². The van der Waals surface area contributed by atoms with Crippen LogP contribution in [0.4, 0.5) is 16.2 Å². The second kappa shape index (κ2) is 15.0. The second-order valence-electron chi connectivity index (χ2n) is 10.8. The number of hydrogen-bond acceptors (Lipinski definition) is 5. The Kier molecular flexibility index (Phi) is 11.7. The number of piperidine rings is 1. The molecule has 41 heavy (non-hydrogen) atoms. The maximum absolute atomic E-state index is 12.9. The van der Waals surface area contributed by atoms with Crippen LogP contribution in [0.2, 0.25) is 0 Å². The fraction of sp³-hybridized carbons (Fsp3) is 0.344. The fourth-order valence-corrected chi connectivity index (χ4v) is 4.93. The van der Waals surface area contributed by atoms with Crippen LogP contribution in [-0.4, -0.2) is 63.2 Å². The third kappa shape index (κ3) is 9.29. The molecular formula is C32H38IN3O5. The molecule has 2 N–H and O–H groups in total. The van der Waals surface area contributed by atoms with Crippen molar-refractivity contribution in [3.63, 3.8) is 0 Å². The highest BCUT2D eigenvalue weighted by molar-refractivity contribution is 5.93. The minimum Gasteiger partial charge on any atom is -1.00 e.